The minimum atomic E-state index is 0.182. The second-order valence-corrected chi connectivity index (χ2v) is 8.32. The summed E-state index contributed by atoms with van der Waals surface area (Å²) in [6, 6.07) is 3.83. The zero-order valence-electron chi connectivity index (χ0n) is 9.66. The molecule has 0 spiro atoms. The summed E-state index contributed by atoms with van der Waals surface area (Å²) in [7, 11) is 0. The standard InChI is InChI=1S/C12H15Br2NOS/c1-8(13)9-4-6-15(7-5-9)12(16)10-2-3-11(14)17-10/h2-3,8-9H,4-7H2,1H3. The van der Waals surface area contributed by atoms with Crippen molar-refractivity contribution in [1.82, 2.24) is 4.90 Å². The van der Waals surface area contributed by atoms with Crippen molar-refractivity contribution >= 4 is 49.1 Å². The number of halogens is 2. The molecule has 1 saturated heterocycles. The maximum atomic E-state index is 12.2. The molecule has 17 heavy (non-hydrogen) atoms. The first-order valence-corrected chi connectivity index (χ1v) is 8.29. The third-order valence-corrected chi connectivity index (χ3v) is 5.62. The average molecular weight is 381 g/mol. The quantitative estimate of drug-likeness (QED) is 0.706. The van der Waals surface area contributed by atoms with Crippen molar-refractivity contribution in [3.05, 3.63) is 20.8 Å². The highest BCUT2D eigenvalue weighted by Crippen LogP contribution is 2.28. The Kier molecular flexibility index (Phi) is 4.66. The Hall–Kier alpha value is 0.130. The second-order valence-electron chi connectivity index (χ2n) is 4.41. The summed E-state index contributed by atoms with van der Waals surface area (Å²) in [4.78, 5) is 15.6. The molecule has 1 atom stereocenters. The summed E-state index contributed by atoms with van der Waals surface area (Å²) in [5.41, 5.74) is 0. The lowest BCUT2D eigenvalue weighted by Gasteiger charge is -2.33. The number of thiophene rings is 1. The van der Waals surface area contributed by atoms with Crippen LogP contribution in [0.5, 0.6) is 0 Å². The van der Waals surface area contributed by atoms with E-state index in [4.69, 9.17) is 0 Å². The smallest absolute Gasteiger partial charge is 0.263 e. The number of carbonyl (C=O) groups is 1. The highest BCUT2D eigenvalue weighted by molar-refractivity contribution is 9.11. The molecule has 94 valence electrons. The molecule has 1 aliphatic rings. The molecule has 1 aliphatic heterocycles. The van der Waals surface area contributed by atoms with Crippen molar-refractivity contribution in [2.24, 2.45) is 5.92 Å². The number of rotatable bonds is 2. The van der Waals surface area contributed by atoms with Gasteiger partial charge in [-0.1, -0.05) is 22.9 Å². The fourth-order valence-electron chi connectivity index (χ4n) is 2.15. The Labute approximate surface area is 123 Å². The van der Waals surface area contributed by atoms with Crippen LogP contribution >= 0.6 is 43.2 Å². The Bertz CT molecular complexity index is 397. The number of likely N-dealkylation sites (tertiary alicyclic amines) is 1. The zero-order valence-corrected chi connectivity index (χ0v) is 13.6. The van der Waals surface area contributed by atoms with Gasteiger partial charge >= 0.3 is 0 Å². The van der Waals surface area contributed by atoms with Crippen LogP contribution in [0.4, 0.5) is 0 Å². The van der Waals surface area contributed by atoms with Crippen LogP contribution in [0.15, 0.2) is 15.9 Å². The van der Waals surface area contributed by atoms with Gasteiger partial charge in [-0.05, 0) is 46.8 Å². The molecular formula is C12H15Br2NOS. The van der Waals surface area contributed by atoms with Crippen molar-refractivity contribution in [3.8, 4) is 0 Å². The number of hydrogen-bond acceptors (Lipinski definition) is 2. The van der Waals surface area contributed by atoms with Crippen LogP contribution in [0.3, 0.4) is 0 Å². The van der Waals surface area contributed by atoms with Gasteiger partial charge in [-0.2, -0.15) is 0 Å². The summed E-state index contributed by atoms with van der Waals surface area (Å²) in [6.45, 7) is 3.96. The summed E-state index contributed by atoms with van der Waals surface area (Å²) >= 11 is 8.54. The van der Waals surface area contributed by atoms with Crippen LogP contribution in [0.1, 0.15) is 29.4 Å². The number of alkyl halides is 1. The summed E-state index contributed by atoms with van der Waals surface area (Å²) in [5, 5.41) is 0. The molecule has 0 aliphatic carbocycles. The normalized spacial score (nSPS) is 19.4. The molecule has 1 unspecified atom stereocenters. The van der Waals surface area contributed by atoms with Gasteiger partial charge in [0, 0.05) is 17.9 Å². The van der Waals surface area contributed by atoms with Gasteiger partial charge in [0.25, 0.3) is 5.91 Å². The van der Waals surface area contributed by atoms with Crippen LogP contribution in [0.2, 0.25) is 0 Å². The van der Waals surface area contributed by atoms with Crippen molar-refractivity contribution in [2.75, 3.05) is 13.1 Å². The molecule has 0 bridgehead atoms. The van der Waals surface area contributed by atoms with E-state index in [1.807, 2.05) is 17.0 Å². The first-order chi connectivity index (χ1) is 8.08. The highest BCUT2D eigenvalue weighted by atomic mass is 79.9. The molecule has 1 amide bonds. The fourth-order valence-corrected chi connectivity index (χ4v) is 4.03. The lowest BCUT2D eigenvalue weighted by Crippen LogP contribution is -2.39. The van der Waals surface area contributed by atoms with Crippen molar-refractivity contribution in [1.29, 1.82) is 0 Å². The fraction of sp³-hybridized carbons (Fsp3) is 0.583. The zero-order chi connectivity index (χ0) is 12.4. The summed E-state index contributed by atoms with van der Waals surface area (Å²) in [5.74, 6) is 0.885. The molecule has 2 heterocycles. The molecule has 0 aromatic carbocycles. The van der Waals surface area contributed by atoms with Crippen molar-refractivity contribution < 1.29 is 4.79 Å². The van der Waals surface area contributed by atoms with Crippen molar-refractivity contribution in [3.63, 3.8) is 0 Å². The SMILES string of the molecule is CC(Br)C1CCN(C(=O)c2ccc(Br)s2)CC1. The van der Waals surface area contributed by atoms with E-state index in [1.54, 1.807) is 0 Å². The molecule has 0 radical (unpaired) electrons. The third kappa shape index (κ3) is 3.32. The number of hydrogen-bond donors (Lipinski definition) is 0. The lowest BCUT2D eigenvalue weighted by atomic mass is 9.94. The number of carbonyl (C=O) groups excluding carboxylic acids is 1. The summed E-state index contributed by atoms with van der Waals surface area (Å²) < 4.78 is 1.02. The Balaban J connectivity index is 1.95. The van der Waals surface area contributed by atoms with Gasteiger partial charge in [0.05, 0.1) is 8.66 Å². The minimum Gasteiger partial charge on any atom is -0.338 e. The molecule has 0 saturated carbocycles. The predicted octanol–water partition coefficient (Wildman–Crippen LogP) is 4.15. The van der Waals surface area contributed by atoms with Crippen LogP contribution in [-0.2, 0) is 0 Å². The van der Waals surface area contributed by atoms with Crippen LogP contribution in [0.25, 0.3) is 0 Å². The van der Waals surface area contributed by atoms with Crippen molar-refractivity contribution in [2.45, 2.75) is 24.6 Å². The number of piperidine rings is 1. The van der Waals surface area contributed by atoms with E-state index in [1.165, 1.54) is 11.3 Å². The molecule has 0 N–H and O–H groups in total. The van der Waals surface area contributed by atoms with Gasteiger partial charge < -0.3 is 4.90 Å². The summed E-state index contributed by atoms with van der Waals surface area (Å²) in [6.07, 6.45) is 2.20. The van der Waals surface area contributed by atoms with Crippen LogP contribution in [-0.4, -0.2) is 28.7 Å². The maximum Gasteiger partial charge on any atom is 0.263 e. The third-order valence-electron chi connectivity index (χ3n) is 3.26. The van der Waals surface area contributed by atoms with E-state index in [-0.39, 0.29) is 5.91 Å². The number of amides is 1. The van der Waals surface area contributed by atoms with E-state index >= 15 is 0 Å². The molecule has 2 nitrogen and oxygen atoms in total. The first kappa shape index (κ1) is 13.6. The first-order valence-electron chi connectivity index (χ1n) is 5.76. The lowest BCUT2D eigenvalue weighted by molar-refractivity contribution is 0.0696. The largest absolute Gasteiger partial charge is 0.338 e. The van der Waals surface area contributed by atoms with E-state index in [0.29, 0.717) is 10.7 Å². The molecule has 5 heteroatoms. The monoisotopic (exact) mass is 379 g/mol. The minimum absolute atomic E-state index is 0.182. The Morgan fingerprint density at radius 3 is 2.59 bits per heavy atom. The van der Waals surface area contributed by atoms with E-state index in [2.05, 4.69) is 38.8 Å². The maximum absolute atomic E-state index is 12.2. The molecule has 1 fully saturated rings. The topological polar surface area (TPSA) is 20.3 Å². The van der Waals surface area contributed by atoms with Gasteiger partial charge in [0.1, 0.15) is 0 Å². The average Bonchev–Trinajstić information content (AvgIpc) is 2.75. The van der Waals surface area contributed by atoms with E-state index < -0.39 is 0 Å². The highest BCUT2D eigenvalue weighted by Gasteiger charge is 2.26. The molecular weight excluding hydrogens is 366 g/mol. The van der Waals surface area contributed by atoms with E-state index in [9.17, 15) is 4.79 Å². The van der Waals surface area contributed by atoms with Gasteiger partial charge in [-0.3, -0.25) is 4.79 Å². The van der Waals surface area contributed by atoms with Gasteiger partial charge in [-0.25, -0.2) is 0 Å². The molecule has 1 aromatic rings. The Morgan fingerprint density at radius 2 is 2.12 bits per heavy atom. The number of nitrogens with zero attached hydrogens (tertiary/aromatic N) is 1. The molecule has 1 aromatic heterocycles. The van der Waals surface area contributed by atoms with Gasteiger partial charge in [-0.15, -0.1) is 11.3 Å². The second kappa shape index (κ2) is 5.85. The van der Waals surface area contributed by atoms with Gasteiger partial charge in [0.2, 0.25) is 0 Å². The predicted molar refractivity (Wildman–Crippen MR) is 79.0 cm³/mol. The van der Waals surface area contributed by atoms with Crippen LogP contribution < -0.4 is 0 Å². The Morgan fingerprint density at radius 1 is 1.47 bits per heavy atom. The van der Waals surface area contributed by atoms with Gasteiger partial charge in [0.15, 0.2) is 0 Å². The van der Waals surface area contributed by atoms with Crippen LogP contribution in [0, 0.1) is 5.92 Å². The van der Waals surface area contributed by atoms with E-state index in [0.717, 1.165) is 34.6 Å². The molecule has 2 rings (SSSR count).